The zero-order chi connectivity index (χ0) is 16.5. The molecular formula is C19H16BrN3O. The van der Waals surface area contributed by atoms with Gasteiger partial charge in [-0.3, -0.25) is 4.79 Å². The van der Waals surface area contributed by atoms with Crippen LogP contribution in [-0.2, 0) is 11.3 Å². The number of rotatable bonds is 4. The Kier molecular flexibility index (Phi) is 3.86. The molecule has 2 aromatic heterocycles. The number of H-pyrrole nitrogens is 1. The van der Waals surface area contributed by atoms with Gasteiger partial charge in [0, 0.05) is 46.6 Å². The summed E-state index contributed by atoms with van der Waals surface area (Å²) in [6.07, 6.45) is 4.35. The summed E-state index contributed by atoms with van der Waals surface area (Å²) in [7, 11) is 0. The van der Waals surface area contributed by atoms with Gasteiger partial charge in [-0.25, -0.2) is 0 Å². The molecule has 0 saturated heterocycles. The quantitative estimate of drug-likeness (QED) is 0.518. The number of hydrogen-bond acceptors (Lipinski definition) is 1. The van der Waals surface area contributed by atoms with E-state index in [4.69, 9.17) is 0 Å². The molecule has 5 heteroatoms. The van der Waals surface area contributed by atoms with Crippen LogP contribution in [0.4, 0.5) is 5.69 Å². The van der Waals surface area contributed by atoms with Crippen molar-refractivity contribution in [2.45, 2.75) is 13.0 Å². The first-order valence-electron chi connectivity index (χ1n) is 7.80. The molecule has 0 bridgehead atoms. The first kappa shape index (κ1) is 15.0. The lowest BCUT2D eigenvalue weighted by Gasteiger charge is -2.08. The van der Waals surface area contributed by atoms with E-state index >= 15 is 0 Å². The Morgan fingerprint density at radius 1 is 1.08 bits per heavy atom. The molecule has 1 amide bonds. The number of carbonyl (C=O) groups excluding carboxylic acids is 1. The van der Waals surface area contributed by atoms with Crippen LogP contribution in [0.3, 0.4) is 0 Å². The maximum atomic E-state index is 12.2. The number of halogens is 1. The second-order valence-electron chi connectivity index (χ2n) is 5.79. The number of nitrogens with zero attached hydrogens (tertiary/aromatic N) is 1. The molecule has 0 aliphatic heterocycles. The van der Waals surface area contributed by atoms with Crippen molar-refractivity contribution in [1.29, 1.82) is 0 Å². The molecule has 120 valence electrons. The minimum Gasteiger partial charge on any atom is -0.361 e. The molecule has 0 aliphatic carbocycles. The van der Waals surface area contributed by atoms with Crippen LogP contribution in [0.15, 0.2) is 65.4 Å². The minimum absolute atomic E-state index is 0.0118. The summed E-state index contributed by atoms with van der Waals surface area (Å²) in [4.78, 5) is 15.4. The highest BCUT2D eigenvalue weighted by Gasteiger charge is 2.06. The van der Waals surface area contributed by atoms with Gasteiger partial charge in [0.05, 0.1) is 0 Å². The SMILES string of the molecule is O=C(CCn1ccc2ccc(Br)cc21)Nc1ccc2cc[nH]c2c1. The summed E-state index contributed by atoms with van der Waals surface area (Å²) in [5.41, 5.74) is 2.97. The first-order valence-corrected chi connectivity index (χ1v) is 8.60. The molecule has 0 radical (unpaired) electrons. The third-order valence-electron chi connectivity index (χ3n) is 4.15. The van der Waals surface area contributed by atoms with Gasteiger partial charge in [0.2, 0.25) is 5.91 Å². The van der Waals surface area contributed by atoms with Crippen LogP contribution in [0, 0.1) is 0 Å². The summed E-state index contributed by atoms with van der Waals surface area (Å²) >= 11 is 3.50. The van der Waals surface area contributed by atoms with Crippen LogP contribution in [0.2, 0.25) is 0 Å². The molecule has 0 saturated carbocycles. The van der Waals surface area contributed by atoms with Gasteiger partial charge in [0.15, 0.2) is 0 Å². The van der Waals surface area contributed by atoms with E-state index in [0.29, 0.717) is 13.0 Å². The van der Waals surface area contributed by atoms with Gasteiger partial charge in [-0.2, -0.15) is 0 Å². The molecule has 4 rings (SSSR count). The summed E-state index contributed by atoms with van der Waals surface area (Å²) in [6.45, 7) is 0.649. The van der Waals surface area contributed by atoms with Crippen LogP contribution in [-0.4, -0.2) is 15.5 Å². The molecule has 2 N–H and O–H groups in total. The molecule has 24 heavy (non-hydrogen) atoms. The number of aromatic nitrogens is 2. The fourth-order valence-corrected chi connectivity index (χ4v) is 3.27. The fraction of sp³-hybridized carbons (Fsp3) is 0.105. The Hall–Kier alpha value is -2.53. The normalized spacial score (nSPS) is 11.2. The highest BCUT2D eigenvalue weighted by Crippen LogP contribution is 2.21. The van der Waals surface area contributed by atoms with Gasteiger partial charge in [-0.05, 0) is 47.2 Å². The van der Waals surface area contributed by atoms with Gasteiger partial charge < -0.3 is 14.9 Å². The topological polar surface area (TPSA) is 49.8 Å². The van der Waals surface area contributed by atoms with Crippen molar-refractivity contribution in [2.24, 2.45) is 0 Å². The number of aryl methyl sites for hydroxylation is 1. The molecule has 2 aromatic carbocycles. The number of nitrogens with one attached hydrogen (secondary N) is 2. The third kappa shape index (κ3) is 2.95. The molecule has 2 heterocycles. The van der Waals surface area contributed by atoms with E-state index in [2.05, 4.69) is 49.0 Å². The van der Waals surface area contributed by atoms with Crippen molar-refractivity contribution in [2.75, 3.05) is 5.32 Å². The van der Waals surface area contributed by atoms with Gasteiger partial charge in [-0.1, -0.05) is 28.1 Å². The monoisotopic (exact) mass is 381 g/mol. The van der Waals surface area contributed by atoms with Crippen molar-refractivity contribution in [3.8, 4) is 0 Å². The van der Waals surface area contributed by atoms with Crippen molar-refractivity contribution in [3.63, 3.8) is 0 Å². The summed E-state index contributed by atoms with van der Waals surface area (Å²) in [6, 6.07) is 16.1. The number of carbonyl (C=O) groups is 1. The van der Waals surface area contributed by atoms with Crippen LogP contribution in [0.25, 0.3) is 21.8 Å². The van der Waals surface area contributed by atoms with Gasteiger partial charge in [0.25, 0.3) is 0 Å². The van der Waals surface area contributed by atoms with Crippen molar-refractivity contribution < 1.29 is 4.79 Å². The van der Waals surface area contributed by atoms with Crippen molar-refractivity contribution in [3.05, 3.63) is 65.4 Å². The first-order chi connectivity index (χ1) is 11.7. The van der Waals surface area contributed by atoms with Crippen molar-refractivity contribution >= 4 is 49.3 Å². The van der Waals surface area contributed by atoms with E-state index in [9.17, 15) is 4.79 Å². The minimum atomic E-state index is 0.0118. The second kappa shape index (κ2) is 6.17. The Bertz CT molecular complexity index is 1030. The third-order valence-corrected chi connectivity index (χ3v) is 4.65. The lowest BCUT2D eigenvalue weighted by Crippen LogP contribution is -2.14. The standard InChI is InChI=1S/C19H16BrN3O/c20-15-3-1-14-6-9-23(18(14)11-15)10-7-19(24)22-16-4-2-13-5-8-21-17(13)12-16/h1-6,8-9,11-12,21H,7,10H2,(H,22,24). The van der Waals surface area contributed by atoms with E-state index in [1.165, 1.54) is 5.39 Å². The van der Waals surface area contributed by atoms with Crippen LogP contribution < -0.4 is 5.32 Å². The lowest BCUT2D eigenvalue weighted by atomic mass is 10.2. The molecule has 0 aliphatic rings. The number of amides is 1. The Balaban J connectivity index is 1.44. The molecular weight excluding hydrogens is 366 g/mol. The maximum absolute atomic E-state index is 12.2. The average molecular weight is 382 g/mol. The molecule has 0 spiro atoms. The van der Waals surface area contributed by atoms with E-state index in [0.717, 1.165) is 26.6 Å². The second-order valence-corrected chi connectivity index (χ2v) is 6.71. The summed E-state index contributed by atoms with van der Waals surface area (Å²) in [5.74, 6) is 0.0118. The van der Waals surface area contributed by atoms with E-state index in [-0.39, 0.29) is 5.91 Å². The maximum Gasteiger partial charge on any atom is 0.226 e. The summed E-state index contributed by atoms with van der Waals surface area (Å²) < 4.78 is 3.15. The van der Waals surface area contributed by atoms with Crippen LogP contribution in [0.1, 0.15) is 6.42 Å². The summed E-state index contributed by atoms with van der Waals surface area (Å²) in [5, 5.41) is 5.28. The van der Waals surface area contributed by atoms with Gasteiger partial charge in [0.1, 0.15) is 0 Å². The van der Waals surface area contributed by atoms with Crippen molar-refractivity contribution in [1.82, 2.24) is 9.55 Å². The highest BCUT2D eigenvalue weighted by molar-refractivity contribution is 9.10. The lowest BCUT2D eigenvalue weighted by molar-refractivity contribution is -0.116. The number of benzene rings is 2. The van der Waals surface area contributed by atoms with E-state index < -0.39 is 0 Å². The molecule has 0 atom stereocenters. The fourth-order valence-electron chi connectivity index (χ4n) is 2.92. The van der Waals surface area contributed by atoms with Crippen LogP contribution in [0.5, 0.6) is 0 Å². The number of aromatic amines is 1. The van der Waals surface area contributed by atoms with E-state index in [1.54, 1.807) is 0 Å². The Morgan fingerprint density at radius 2 is 1.96 bits per heavy atom. The molecule has 4 nitrogen and oxygen atoms in total. The predicted molar refractivity (Wildman–Crippen MR) is 101 cm³/mol. The predicted octanol–water partition coefficient (Wildman–Crippen LogP) is 4.91. The number of fused-ring (bicyclic) bond motifs is 2. The molecule has 0 unspecified atom stereocenters. The number of hydrogen-bond donors (Lipinski definition) is 2. The van der Waals surface area contributed by atoms with Gasteiger partial charge in [-0.15, -0.1) is 0 Å². The molecule has 0 fully saturated rings. The average Bonchev–Trinajstić information content (AvgIpc) is 3.18. The zero-order valence-electron chi connectivity index (χ0n) is 12.9. The van der Waals surface area contributed by atoms with Gasteiger partial charge >= 0.3 is 0 Å². The highest BCUT2D eigenvalue weighted by atomic mass is 79.9. The van der Waals surface area contributed by atoms with Crippen LogP contribution >= 0.6 is 15.9 Å². The number of anilines is 1. The zero-order valence-corrected chi connectivity index (χ0v) is 14.5. The van der Waals surface area contributed by atoms with E-state index in [1.807, 2.05) is 42.7 Å². The largest absolute Gasteiger partial charge is 0.361 e. The molecule has 4 aromatic rings. The Morgan fingerprint density at radius 3 is 2.88 bits per heavy atom. The Labute approximate surface area is 147 Å². The smallest absolute Gasteiger partial charge is 0.226 e.